The maximum atomic E-state index is 8.75. The second-order valence-corrected chi connectivity index (χ2v) is 6.18. The van der Waals surface area contributed by atoms with Crippen LogP contribution in [0.2, 0.25) is 0 Å². The fourth-order valence-corrected chi connectivity index (χ4v) is 1.14. The van der Waals surface area contributed by atoms with Crippen LogP contribution in [0.1, 0.15) is 20.8 Å². The Kier molecular flexibility index (Phi) is 9.47. The summed E-state index contributed by atoms with van der Waals surface area (Å²) in [4.78, 5) is 0. The van der Waals surface area contributed by atoms with Gasteiger partial charge in [-0.3, -0.25) is 0 Å². The Morgan fingerprint density at radius 1 is 1.06 bits per heavy atom. The van der Waals surface area contributed by atoms with Gasteiger partial charge in [0.25, 0.3) is 0 Å². The first kappa shape index (κ1) is 19.5. The molecule has 106 valence electrons. The van der Waals surface area contributed by atoms with Crippen molar-refractivity contribution in [1.29, 1.82) is 0 Å². The van der Waals surface area contributed by atoms with Crippen LogP contribution in [0.15, 0.2) is 0 Å². The van der Waals surface area contributed by atoms with Gasteiger partial charge in [0.1, 0.15) is 6.54 Å². The number of nitrogens with zero attached hydrogens (tertiary/aromatic N) is 1. The minimum absolute atomic E-state index is 0. The zero-order chi connectivity index (χ0) is 12.8. The Morgan fingerprint density at radius 3 is 1.88 bits per heavy atom. The Morgan fingerprint density at radius 2 is 1.53 bits per heavy atom. The second-order valence-electron chi connectivity index (χ2n) is 6.18. The molecular formula is C12H28ClNO3. The molecule has 0 spiro atoms. The molecular weight excluding hydrogens is 242 g/mol. The van der Waals surface area contributed by atoms with E-state index in [0.717, 1.165) is 11.0 Å². The van der Waals surface area contributed by atoms with Crippen LogP contribution in [0, 0.1) is 5.41 Å². The first-order valence-corrected chi connectivity index (χ1v) is 5.81. The van der Waals surface area contributed by atoms with Gasteiger partial charge < -0.3 is 31.5 Å². The molecule has 0 heterocycles. The van der Waals surface area contributed by atoms with Crippen molar-refractivity contribution in [3.05, 3.63) is 0 Å². The summed E-state index contributed by atoms with van der Waals surface area (Å²) >= 11 is 0. The van der Waals surface area contributed by atoms with Gasteiger partial charge in [0.15, 0.2) is 6.29 Å². The summed E-state index contributed by atoms with van der Waals surface area (Å²) in [5, 5.41) is 8.75. The van der Waals surface area contributed by atoms with E-state index in [-0.39, 0.29) is 30.7 Å². The van der Waals surface area contributed by atoms with Crippen LogP contribution in [-0.2, 0) is 9.47 Å². The van der Waals surface area contributed by atoms with E-state index in [4.69, 9.17) is 14.6 Å². The summed E-state index contributed by atoms with van der Waals surface area (Å²) in [6, 6.07) is 0. The van der Waals surface area contributed by atoms with Gasteiger partial charge in [0.05, 0.1) is 41.0 Å². The normalized spacial score (nSPS) is 14.3. The molecule has 0 aliphatic heterocycles. The van der Waals surface area contributed by atoms with Gasteiger partial charge in [0.2, 0.25) is 0 Å². The first-order valence-electron chi connectivity index (χ1n) is 5.81. The second kappa shape index (κ2) is 8.27. The summed E-state index contributed by atoms with van der Waals surface area (Å²) in [6.07, 6.45) is -0.258. The first-order chi connectivity index (χ1) is 7.17. The number of rotatable bonds is 7. The lowest BCUT2D eigenvalue weighted by Gasteiger charge is -2.31. The van der Waals surface area contributed by atoms with Gasteiger partial charge in [0, 0.05) is 5.41 Å². The molecule has 17 heavy (non-hydrogen) atoms. The monoisotopic (exact) mass is 269 g/mol. The third-order valence-electron chi connectivity index (χ3n) is 2.10. The van der Waals surface area contributed by atoms with Crippen molar-refractivity contribution in [2.45, 2.75) is 27.1 Å². The van der Waals surface area contributed by atoms with Gasteiger partial charge in [-0.2, -0.15) is 0 Å². The highest BCUT2D eigenvalue weighted by Crippen LogP contribution is 2.23. The smallest absolute Gasteiger partial charge is 0.162 e. The standard InChI is InChI=1S/C12H28NO3.ClH/c1-12(2,3)11(16-10-8-14)15-9-7-13(4,5)6;/h11,14H,7-10H2,1-6H3;1H/q+1;/p-1. The number of hydrogen-bond donors (Lipinski definition) is 1. The van der Waals surface area contributed by atoms with Crippen molar-refractivity contribution in [2.24, 2.45) is 5.41 Å². The van der Waals surface area contributed by atoms with Crippen LogP contribution >= 0.6 is 0 Å². The van der Waals surface area contributed by atoms with Crippen molar-refractivity contribution in [3.63, 3.8) is 0 Å². The quantitative estimate of drug-likeness (QED) is 0.433. The Balaban J connectivity index is 0. The number of ether oxygens (including phenoxy) is 2. The molecule has 0 saturated heterocycles. The molecule has 0 aromatic heterocycles. The lowest BCUT2D eigenvalue weighted by Crippen LogP contribution is -3.00. The van der Waals surface area contributed by atoms with Crippen molar-refractivity contribution in [1.82, 2.24) is 0 Å². The third kappa shape index (κ3) is 11.0. The number of quaternary nitrogens is 1. The average molecular weight is 270 g/mol. The SMILES string of the molecule is CC(C)(C)C(OCCO)OCC[N+](C)(C)C.[Cl-]. The zero-order valence-corrected chi connectivity index (χ0v) is 12.8. The summed E-state index contributed by atoms with van der Waals surface area (Å²) in [7, 11) is 6.39. The maximum Gasteiger partial charge on any atom is 0.162 e. The van der Waals surface area contributed by atoms with E-state index < -0.39 is 0 Å². The van der Waals surface area contributed by atoms with Crippen molar-refractivity contribution < 1.29 is 31.5 Å². The molecule has 0 aliphatic rings. The fraction of sp³-hybridized carbons (Fsp3) is 1.00. The van der Waals surface area contributed by atoms with Crippen LogP contribution < -0.4 is 12.4 Å². The average Bonchev–Trinajstić information content (AvgIpc) is 2.06. The summed E-state index contributed by atoms with van der Waals surface area (Å²) in [5.74, 6) is 0. The van der Waals surface area contributed by atoms with E-state index in [9.17, 15) is 0 Å². The lowest BCUT2D eigenvalue weighted by molar-refractivity contribution is -0.871. The number of halogens is 1. The summed E-state index contributed by atoms with van der Waals surface area (Å²) in [5.41, 5.74) is -0.0694. The number of hydrogen-bond acceptors (Lipinski definition) is 3. The Hall–Kier alpha value is 0.130. The molecule has 0 aliphatic carbocycles. The third-order valence-corrected chi connectivity index (χ3v) is 2.10. The Bertz CT molecular complexity index is 187. The molecule has 5 heteroatoms. The summed E-state index contributed by atoms with van der Waals surface area (Å²) in [6.45, 7) is 8.17. The van der Waals surface area contributed by atoms with E-state index in [0.29, 0.717) is 13.2 Å². The molecule has 4 nitrogen and oxygen atoms in total. The molecule has 1 unspecified atom stereocenters. The molecule has 0 aromatic rings. The Labute approximate surface area is 112 Å². The van der Waals surface area contributed by atoms with E-state index in [1.807, 2.05) is 0 Å². The highest BCUT2D eigenvalue weighted by Gasteiger charge is 2.26. The highest BCUT2D eigenvalue weighted by molar-refractivity contribution is 4.66. The molecule has 1 atom stereocenters. The minimum Gasteiger partial charge on any atom is -1.00 e. The van der Waals surface area contributed by atoms with Crippen molar-refractivity contribution in [3.8, 4) is 0 Å². The predicted octanol–water partition coefficient (Wildman–Crippen LogP) is -1.91. The van der Waals surface area contributed by atoms with Gasteiger partial charge in [-0.15, -0.1) is 0 Å². The van der Waals surface area contributed by atoms with Crippen molar-refractivity contribution >= 4 is 0 Å². The summed E-state index contributed by atoms with van der Waals surface area (Å²) < 4.78 is 12.1. The van der Waals surface area contributed by atoms with Crippen molar-refractivity contribution in [2.75, 3.05) is 47.5 Å². The molecule has 0 aromatic carbocycles. The van der Waals surface area contributed by atoms with Crippen LogP contribution in [-0.4, -0.2) is 63.4 Å². The number of likely N-dealkylation sites (N-methyl/N-ethyl adjacent to an activating group) is 1. The molecule has 1 N–H and O–H groups in total. The van der Waals surface area contributed by atoms with Gasteiger partial charge in [-0.25, -0.2) is 0 Å². The van der Waals surface area contributed by atoms with Crippen LogP contribution in [0.25, 0.3) is 0 Å². The largest absolute Gasteiger partial charge is 1.00 e. The topological polar surface area (TPSA) is 38.7 Å². The lowest BCUT2D eigenvalue weighted by atomic mass is 9.96. The van der Waals surface area contributed by atoms with E-state index in [1.165, 1.54) is 0 Å². The van der Waals surface area contributed by atoms with Gasteiger partial charge in [-0.1, -0.05) is 20.8 Å². The molecule has 0 amide bonds. The van der Waals surface area contributed by atoms with Crippen LogP contribution in [0.3, 0.4) is 0 Å². The fourth-order valence-electron chi connectivity index (χ4n) is 1.14. The molecule has 0 bridgehead atoms. The number of aliphatic hydroxyl groups excluding tert-OH is 1. The number of aliphatic hydroxyl groups is 1. The molecule has 0 saturated carbocycles. The van der Waals surface area contributed by atoms with Gasteiger partial charge >= 0.3 is 0 Å². The molecule has 0 fully saturated rings. The van der Waals surface area contributed by atoms with Crippen LogP contribution in [0.4, 0.5) is 0 Å². The molecule has 0 rings (SSSR count). The van der Waals surface area contributed by atoms with E-state index in [2.05, 4.69) is 41.9 Å². The highest BCUT2D eigenvalue weighted by atomic mass is 35.5. The maximum absolute atomic E-state index is 8.75. The van der Waals surface area contributed by atoms with Crippen LogP contribution in [0.5, 0.6) is 0 Å². The predicted molar refractivity (Wildman–Crippen MR) is 65.1 cm³/mol. The van der Waals surface area contributed by atoms with Gasteiger partial charge in [-0.05, 0) is 0 Å². The zero-order valence-electron chi connectivity index (χ0n) is 12.0. The van der Waals surface area contributed by atoms with E-state index >= 15 is 0 Å². The minimum atomic E-state index is -0.258. The van der Waals surface area contributed by atoms with E-state index in [1.54, 1.807) is 0 Å². The molecule has 0 radical (unpaired) electrons.